The number of hydrogen-bond donors (Lipinski definition) is 1. The van der Waals surface area contributed by atoms with Gasteiger partial charge in [-0.25, -0.2) is 9.59 Å². The molecular formula is C77H111NO6. The summed E-state index contributed by atoms with van der Waals surface area (Å²) in [5.74, 6) is -1.23. The lowest BCUT2D eigenvalue weighted by Gasteiger charge is -2.39. The highest BCUT2D eigenvalue weighted by Gasteiger charge is 2.42. The number of hydrogen-bond acceptors (Lipinski definition) is 6. The molecule has 0 aliphatic rings. The van der Waals surface area contributed by atoms with E-state index >= 15 is 0 Å². The number of carbonyl (C=O) groups is 3. The highest BCUT2D eigenvalue weighted by atomic mass is 16.6. The number of esters is 2. The number of amides is 1. The van der Waals surface area contributed by atoms with Gasteiger partial charge in [-0.1, -0.05) is 353 Å². The van der Waals surface area contributed by atoms with Crippen LogP contribution in [0.2, 0.25) is 0 Å². The highest BCUT2D eigenvalue weighted by molar-refractivity contribution is 5.90. The van der Waals surface area contributed by atoms with Crippen LogP contribution >= 0.6 is 0 Å². The Labute approximate surface area is 510 Å². The van der Waals surface area contributed by atoms with Gasteiger partial charge >= 0.3 is 11.9 Å². The molecule has 0 saturated heterocycles. The van der Waals surface area contributed by atoms with Crippen LogP contribution in [-0.4, -0.2) is 42.7 Å². The number of ether oxygens (including phenoxy) is 3. The summed E-state index contributed by atoms with van der Waals surface area (Å²) in [5.41, 5.74) is 2.33. The maximum Gasteiger partial charge on any atom is 0.338 e. The van der Waals surface area contributed by atoms with E-state index in [1.165, 1.54) is 180 Å². The minimum absolute atomic E-state index is 0.0750. The Bertz CT molecular complexity index is 2280. The summed E-state index contributed by atoms with van der Waals surface area (Å²) < 4.78 is 20.7. The smallest absolute Gasteiger partial charge is 0.338 e. The Morgan fingerprint density at radius 1 is 0.357 bits per heavy atom. The molecule has 0 unspecified atom stereocenters. The van der Waals surface area contributed by atoms with Gasteiger partial charge in [0.25, 0.3) is 0 Å². The van der Waals surface area contributed by atoms with Crippen molar-refractivity contribution in [1.29, 1.82) is 0 Å². The lowest BCUT2D eigenvalue weighted by molar-refractivity contribution is -0.126. The number of benzene rings is 5. The van der Waals surface area contributed by atoms with E-state index in [2.05, 4.69) is 55.6 Å². The molecule has 0 bridgehead atoms. The quantitative estimate of drug-likeness (QED) is 0.0237. The van der Waals surface area contributed by atoms with E-state index in [4.69, 9.17) is 14.2 Å². The number of unbranched alkanes of at least 4 members (excludes halogenated alkanes) is 33. The predicted octanol–water partition coefficient (Wildman–Crippen LogP) is 21.4. The van der Waals surface area contributed by atoms with Crippen LogP contribution in [0.1, 0.15) is 289 Å². The van der Waals surface area contributed by atoms with Crippen molar-refractivity contribution in [3.8, 4) is 0 Å². The first-order valence-electron chi connectivity index (χ1n) is 34.1. The summed E-state index contributed by atoms with van der Waals surface area (Å²) in [6.45, 7) is 4.48. The van der Waals surface area contributed by atoms with Crippen LogP contribution in [0.5, 0.6) is 0 Å². The average molecular weight is 1150 g/mol. The van der Waals surface area contributed by atoms with Crippen molar-refractivity contribution in [2.45, 2.75) is 275 Å². The Morgan fingerprint density at radius 2 is 0.643 bits per heavy atom. The molecule has 0 spiro atoms. The Morgan fingerprint density at radius 3 is 0.976 bits per heavy atom. The Balaban J connectivity index is 1.27. The minimum atomic E-state index is -1.14. The van der Waals surface area contributed by atoms with Crippen LogP contribution in [0.25, 0.3) is 0 Å². The van der Waals surface area contributed by atoms with Gasteiger partial charge in [0.2, 0.25) is 5.91 Å². The molecule has 7 nitrogen and oxygen atoms in total. The lowest BCUT2D eigenvalue weighted by Crippen LogP contribution is -2.55. The van der Waals surface area contributed by atoms with E-state index in [0.29, 0.717) is 24.0 Å². The third-order valence-electron chi connectivity index (χ3n) is 17.0. The second-order valence-electron chi connectivity index (χ2n) is 24.0. The van der Waals surface area contributed by atoms with Crippen LogP contribution in [0.15, 0.2) is 152 Å². The lowest BCUT2D eigenvalue weighted by atomic mass is 9.80. The average Bonchev–Trinajstić information content (AvgIpc) is 1.72. The van der Waals surface area contributed by atoms with Crippen LogP contribution in [0.3, 0.4) is 0 Å². The molecule has 0 aliphatic carbocycles. The van der Waals surface area contributed by atoms with Crippen LogP contribution in [0, 0.1) is 0 Å². The summed E-state index contributed by atoms with van der Waals surface area (Å²) in [6.07, 6.45) is 43.0. The van der Waals surface area contributed by atoms with E-state index in [0.717, 1.165) is 61.6 Å². The first-order valence-corrected chi connectivity index (χ1v) is 34.1. The van der Waals surface area contributed by atoms with Crippen LogP contribution < -0.4 is 5.32 Å². The first-order chi connectivity index (χ1) is 41.5. The minimum Gasteiger partial charge on any atom is -0.455 e. The van der Waals surface area contributed by atoms with Crippen LogP contribution in [0.4, 0.5) is 0 Å². The normalized spacial score (nSPS) is 12.6. The Hall–Kier alpha value is -5.53. The number of rotatable bonds is 50. The molecule has 0 radical (unpaired) electrons. The standard InChI is InChI=1S/C77H111NO6/c1-3-5-7-9-11-13-15-17-18-19-20-21-22-23-24-25-26-27-29-31-33-35-52-64-73(79)78-71(65-82-77(68-57-45-38-46-58-68,69-59-47-39-48-60-69)70-61-49-40-50-62-70)74(84-76(81)67-55-43-37-44-56-67)72(83-75(80)66-53-41-36-42-54-66)63-51-34-32-30-28-16-14-12-10-8-6-4-2/h36-50,53-62,71-72,74H,3-35,51-52,63-65H2,1-2H3,(H,78,79)/t71-,72+,74-/m0/s1. The Kier molecular flexibility index (Phi) is 37.0. The van der Waals surface area contributed by atoms with Crippen LogP contribution in [-0.2, 0) is 24.6 Å². The fraction of sp³-hybridized carbons (Fsp3) is 0.571. The fourth-order valence-corrected chi connectivity index (χ4v) is 12.0. The van der Waals surface area contributed by atoms with Gasteiger partial charge in [0.15, 0.2) is 6.10 Å². The SMILES string of the molecule is CCCCCCCCCCCCCCCCCCCCCCCCCC(=O)N[C@@H](COC(c1ccccc1)(c1ccccc1)c1ccccc1)[C@H](OC(=O)c1ccccc1)[C@@H](CCCCCCCCCCCCCC)OC(=O)c1ccccc1. The van der Waals surface area contributed by atoms with Gasteiger partial charge in [0.05, 0.1) is 23.8 Å². The van der Waals surface area contributed by atoms with E-state index in [1.807, 2.05) is 91.0 Å². The molecule has 1 N–H and O–H groups in total. The molecule has 7 heteroatoms. The summed E-state index contributed by atoms with van der Waals surface area (Å²) >= 11 is 0. The third-order valence-corrected chi connectivity index (χ3v) is 17.0. The molecule has 0 fully saturated rings. The van der Waals surface area contributed by atoms with Gasteiger partial charge in [-0.3, -0.25) is 4.79 Å². The number of nitrogens with one attached hydrogen (secondary N) is 1. The molecule has 0 aromatic heterocycles. The largest absolute Gasteiger partial charge is 0.455 e. The molecule has 1 amide bonds. The fourth-order valence-electron chi connectivity index (χ4n) is 12.0. The summed E-state index contributed by atoms with van der Waals surface area (Å²) in [6, 6.07) is 47.5. The van der Waals surface area contributed by atoms with E-state index in [9.17, 15) is 14.4 Å². The molecule has 5 rings (SSSR count). The van der Waals surface area contributed by atoms with Crippen molar-refractivity contribution in [2.24, 2.45) is 0 Å². The molecule has 84 heavy (non-hydrogen) atoms. The first kappa shape index (κ1) is 69.2. The third kappa shape index (κ3) is 27.7. The monoisotopic (exact) mass is 1150 g/mol. The van der Waals surface area contributed by atoms with E-state index in [-0.39, 0.29) is 12.5 Å². The van der Waals surface area contributed by atoms with Crippen molar-refractivity contribution >= 4 is 17.8 Å². The van der Waals surface area contributed by atoms with Gasteiger partial charge in [0, 0.05) is 6.42 Å². The van der Waals surface area contributed by atoms with Gasteiger partial charge in [-0.2, -0.15) is 0 Å². The van der Waals surface area contributed by atoms with Crippen molar-refractivity contribution in [2.75, 3.05) is 6.61 Å². The molecule has 3 atom stereocenters. The highest BCUT2D eigenvalue weighted by Crippen LogP contribution is 2.41. The van der Waals surface area contributed by atoms with Crippen molar-refractivity contribution in [3.63, 3.8) is 0 Å². The summed E-state index contributed by atoms with van der Waals surface area (Å²) in [5, 5.41) is 3.37. The van der Waals surface area contributed by atoms with Gasteiger partial charge in [0.1, 0.15) is 11.7 Å². The van der Waals surface area contributed by atoms with Crippen molar-refractivity contribution < 1.29 is 28.6 Å². The number of carbonyl (C=O) groups excluding carboxylic acids is 3. The zero-order valence-electron chi connectivity index (χ0n) is 52.5. The van der Waals surface area contributed by atoms with Crippen molar-refractivity contribution in [1.82, 2.24) is 5.32 Å². The van der Waals surface area contributed by atoms with E-state index in [1.54, 1.807) is 24.3 Å². The maximum absolute atomic E-state index is 14.6. The predicted molar refractivity (Wildman–Crippen MR) is 351 cm³/mol. The molecule has 0 heterocycles. The molecule has 460 valence electrons. The summed E-state index contributed by atoms with van der Waals surface area (Å²) in [7, 11) is 0. The topological polar surface area (TPSA) is 90.9 Å². The zero-order valence-corrected chi connectivity index (χ0v) is 52.5. The maximum atomic E-state index is 14.6. The van der Waals surface area contributed by atoms with Gasteiger partial charge in [-0.05, 0) is 60.2 Å². The molecule has 5 aromatic rings. The van der Waals surface area contributed by atoms with Gasteiger partial charge < -0.3 is 19.5 Å². The van der Waals surface area contributed by atoms with E-state index < -0.39 is 35.8 Å². The van der Waals surface area contributed by atoms with Gasteiger partial charge in [-0.15, -0.1) is 0 Å². The second kappa shape index (κ2) is 44.9. The molecule has 0 saturated carbocycles. The molecular weight excluding hydrogens is 1030 g/mol. The molecule has 5 aromatic carbocycles. The second-order valence-corrected chi connectivity index (χ2v) is 24.0. The zero-order chi connectivity index (χ0) is 59.2. The molecule has 0 aliphatic heterocycles. The summed E-state index contributed by atoms with van der Waals surface area (Å²) in [4.78, 5) is 43.4. The van der Waals surface area contributed by atoms with Crippen molar-refractivity contribution in [3.05, 3.63) is 179 Å².